The number of hydrogen-bond donors (Lipinski definition) is 2. The highest BCUT2D eigenvalue weighted by atomic mass is 16.6. The topological polar surface area (TPSA) is 92.5 Å². The maximum atomic E-state index is 9.90. The quantitative estimate of drug-likeness (QED) is 0.380. The van der Waals surface area contributed by atoms with E-state index in [0.717, 1.165) is 19.4 Å². The third-order valence-corrected chi connectivity index (χ3v) is 1.24. The Balaban J connectivity index is 0. The summed E-state index contributed by atoms with van der Waals surface area (Å²) in [5.74, 6) is -0.786. The van der Waals surface area contributed by atoms with Gasteiger partial charge in [0.2, 0.25) is 6.54 Å². The van der Waals surface area contributed by atoms with E-state index in [2.05, 4.69) is 12.2 Å². The molecule has 2 N–H and O–H groups in total. The van der Waals surface area contributed by atoms with Crippen molar-refractivity contribution >= 4 is 5.97 Å². The van der Waals surface area contributed by atoms with Crippen LogP contribution in [0.1, 0.15) is 26.7 Å². The van der Waals surface area contributed by atoms with Crippen molar-refractivity contribution in [2.24, 2.45) is 0 Å². The van der Waals surface area contributed by atoms with Crippen LogP contribution in [0.5, 0.6) is 0 Å². The number of hydrogen-bond acceptors (Lipinski definition) is 4. The number of carboxylic acids is 1. The second kappa shape index (κ2) is 11.8. The molecular formula is C8H18N2O4. The Morgan fingerprint density at radius 3 is 2.29 bits per heavy atom. The molecule has 0 aliphatic rings. The van der Waals surface area contributed by atoms with E-state index in [1.54, 1.807) is 0 Å². The molecule has 0 heterocycles. The zero-order valence-corrected chi connectivity index (χ0v) is 8.65. The highest BCUT2D eigenvalue weighted by Crippen LogP contribution is 1.80. The van der Waals surface area contributed by atoms with Crippen molar-refractivity contribution < 1.29 is 14.8 Å². The molecule has 0 aliphatic carbocycles. The van der Waals surface area contributed by atoms with Gasteiger partial charge >= 0.3 is 5.97 Å². The molecule has 0 atom stereocenters. The molecule has 0 amide bonds. The van der Waals surface area contributed by atoms with Gasteiger partial charge in [-0.1, -0.05) is 13.3 Å². The molecule has 6 heteroatoms. The predicted octanol–water partition coefficient (Wildman–Crippen LogP) is 0.744. The molecule has 0 aromatic heterocycles. The van der Waals surface area contributed by atoms with E-state index in [-0.39, 0.29) is 18.0 Å². The van der Waals surface area contributed by atoms with Crippen LogP contribution in [0.3, 0.4) is 0 Å². The molecule has 0 saturated heterocycles. The summed E-state index contributed by atoms with van der Waals surface area (Å²) in [6, 6.07) is 0. The van der Waals surface area contributed by atoms with Gasteiger partial charge in [-0.15, -0.1) is 0 Å². The Bertz CT molecular complexity index is 161. The number of rotatable bonds is 6. The number of unbranched alkanes of at least 4 members (excludes halogenated alkanes) is 1. The van der Waals surface area contributed by atoms with Crippen molar-refractivity contribution in [3.05, 3.63) is 10.1 Å². The highest BCUT2D eigenvalue weighted by Gasteiger charge is 1.91. The fraction of sp³-hybridized carbons (Fsp3) is 0.875. The summed E-state index contributed by atoms with van der Waals surface area (Å²) in [5.41, 5.74) is 0. The lowest BCUT2D eigenvalue weighted by Crippen LogP contribution is -2.23. The van der Waals surface area contributed by atoms with Crippen LogP contribution in [-0.4, -0.2) is 35.6 Å². The standard InChI is InChI=1S/C6H13NO2.C2H5NO2/c1-2-3-4-7-5-6(8)9;1-2-3(4)5/h7H,2-5H2,1H3,(H,8,9);2H2,1H3. The van der Waals surface area contributed by atoms with Crippen molar-refractivity contribution in [1.82, 2.24) is 5.32 Å². The number of nitrogens with one attached hydrogen (secondary N) is 1. The molecule has 0 unspecified atom stereocenters. The van der Waals surface area contributed by atoms with Gasteiger partial charge in [0.1, 0.15) is 0 Å². The Morgan fingerprint density at radius 2 is 2.00 bits per heavy atom. The van der Waals surface area contributed by atoms with Crippen LogP contribution in [0.15, 0.2) is 0 Å². The van der Waals surface area contributed by atoms with E-state index < -0.39 is 5.97 Å². The van der Waals surface area contributed by atoms with Gasteiger partial charge < -0.3 is 10.4 Å². The molecule has 14 heavy (non-hydrogen) atoms. The van der Waals surface area contributed by atoms with E-state index >= 15 is 0 Å². The lowest BCUT2D eigenvalue weighted by Gasteiger charge is -1.96. The first-order valence-electron chi connectivity index (χ1n) is 4.58. The molecule has 0 spiro atoms. The molecular weight excluding hydrogens is 188 g/mol. The first kappa shape index (κ1) is 15.3. The van der Waals surface area contributed by atoms with Crippen LogP contribution in [0.25, 0.3) is 0 Å². The van der Waals surface area contributed by atoms with Gasteiger partial charge in [-0.2, -0.15) is 0 Å². The van der Waals surface area contributed by atoms with Gasteiger partial charge in [-0.3, -0.25) is 14.9 Å². The van der Waals surface area contributed by atoms with Crippen molar-refractivity contribution in [2.45, 2.75) is 26.7 Å². The molecule has 0 fully saturated rings. The fourth-order valence-electron chi connectivity index (χ4n) is 0.497. The monoisotopic (exact) mass is 206 g/mol. The van der Waals surface area contributed by atoms with Gasteiger partial charge in [0, 0.05) is 11.8 Å². The second-order valence-corrected chi connectivity index (χ2v) is 2.57. The van der Waals surface area contributed by atoms with Crippen LogP contribution in [0, 0.1) is 10.1 Å². The van der Waals surface area contributed by atoms with Gasteiger partial charge in [0.15, 0.2) is 0 Å². The average Bonchev–Trinajstić information content (AvgIpc) is 2.13. The lowest BCUT2D eigenvalue weighted by atomic mass is 10.3. The third kappa shape index (κ3) is 22.4. The molecule has 6 nitrogen and oxygen atoms in total. The van der Waals surface area contributed by atoms with E-state index in [1.165, 1.54) is 6.92 Å². The molecule has 0 aromatic carbocycles. The Hall–Kier alpha value is -1.17. The van der Waals surface area contributed by atoms with Gasteiger partial charge in [0.25, 0.3) is 0 Å². The number of carboxylic acid groups (broad SMARTS) is 1. The summed E-state index contributed by atoms with van der Waals surface area (Å²) in [5, 5.41) is 20.1. The number of nitro groups is 1. The summed E-state index contributed by atoms with van der Waals surface area (Å²) in [6.07, 6.45) is 2.15. The summed E-state index contributed by atoms with van der Waals surface area (Å²) in [7, 11) is 0. The Labute approximate surface area is 83.5 Å². The maximum Gasteiger partial charge on any atom is 0.317 e. The molecule has 0 aliphatic heterocycles. The average molecular weight is 206 g/mol. The zero-order valence-electron chi connectivity index (χ0n) is 8.65. The van der Waals surface area contributed by atoms with Crippen LogP contribution in [0.4, 0.5) is 0 Å². The summed E-state index contributed by atoms with van der Waals surface area (Å²) >= 11 is 0. The molecule has 0 rings (SSSR count). The van der Waals surface area contributed by atoms with Gasteiger partial charge in [-0.05, 0) is 13.0 Å². The second-order valence-electron chi connectivity index (χ2n) is 2.57. The minimum Gasteiger partial charge on any atom is -0.480 e. The molecule has 0 saturated carbocycles. The molecule has 84 valence electrons. The lowest BCUT2D eigenvalue weighted by molar-refractivity contribution is -0.475. The van der Waals surface area contributed by atoms with Gasteiger partial charge in [-0.25, -0.2) is 0 Å². The minimum absolute atomic E-state index is 0.0278. The third-order valence-electron chi connectivity index (χ3n) is 1.24. The van der Waals surface area contributed by atoms with Crippen molar-refractivity contribution in [2.75, 3.05) is 19.6 Å². The van der Waals surface area contributed by atoms with Crippen molar-refractivity contribution in [3.8, 4) is 0 Å². The Morgan fingerprint density at radius 1 is 1.50 bits per heavy atom. The maximum absolute atomic E-state index is 9.90. The van der Waals surface area contributed by atoms with E-state index in [1.807, 2.05) is 0 Å². The van der Waals surface area contributed by atoms with Crippen LogP contribution in [-0.2, 0) is 4.79 Å². The predicted molar refractivity (Wildman–Crippen MR) is 52.9 cm³/mol. The van der Waals surface area contributed by atoms with Crippen LogP contribution >= 0.6 is 0 Å². The molecule has 0 radical (unpaired) electrons. The highest BCUT2D eigenvalue weighted by molar-refractivity contribution is 5.68. The number of aliphatic carboxylic acids is 1. The smallest absolute Gasteiger partial charge is 0.317 e. The van der Waals surface area contributed by atoms with Crippen LogP contribution in [0.2, 0.25) is 0 Å². The number of nitrogens with zero attached hydrogens (tertiary/aromatic N) is 1. The zero-order chi connectivity index (χ0) is 11.4. The van der Waals surface area contributed by atoms with E-state index in [9.17, 15) is 14.9 Å². The first-order chi connectivity index (χ1) is 6.54. The van der Waals surface area contributed by atoms with Crippen molar-refractivity contribution in [1.29, 1.82) is 0 Å². The van der Waals surface area contributed by atoms with Crippen LogP contribution < -0.4 is 5.32 Å². The van der Waals surface area contributed by atoms with E-state index in [4.69, 9.17) is 5.11 Å². The normalized spacial score (nSPS) is 8.71. The molecule has 0 bridgehead atoms. The largest absolute Gasteiger partial charge is 0.480 e. The first-order valence-corrected chi connectivity index (χ1v) is 4.58. The minimum atomic E-state index is -0.786. The number of carbonyl (C=O) groups is 1. The summed E-state index contributed by atoms with van der Waals surface area (Å²) in [6.45, 7) is 4.49. The Kier molecular flexibility index (Phi) is 12.9. The van der Waals surface area contributed by atoms with Gasteiger partial charge in [0.05, 0.1) is 6.54 Å². The summed E-state index contributed by atoms with van der Waals surface area (Å²) < 4.78 is 0. The molecule has 0 aromatic rings. The van der Waals surface area contributed by atoms with Crippen molar-refractivity contribution in [3.63, 3.8) is 0 Å². The van der Waals surface area contributed by atoms with E-state index in [0.29, 0.717) is 0 Å². The summed E-state index contributed by atoms with van der Waals surface area (Å²) in [4.78, 5) is 18.7. The SMILES string of the molecule is CCCCNCC(=O)O.CC[N+](=O)[O-]. The fourth-order valence-corrected chi connectivity index (χ4v) is 0.497.